The van der Waals surface area contributed by atoms with E-state index >= 15 is 0 Å². The van der Waals surface area contributed by atoms with Crippen LogP contribution >= 0.6 is 11.6 Å². The van der Waals surface area contributed by atoms with Crippen molar-refractivity contribution in [2.24, 2.45) is 0 Å². The molecule has 0 unspecified atom stereocenters. The van der Waals surface area contributed by atoms with Crippen LogP contribution in [0, 0.1) is 0 Å². The highest BCUT2D eigenvalue weighted by Crippen LogP contribution is 2.24. The van der Waals surface area contributed by atoms with Gasteiger partial charge >= 0.3 is 0 Å². The van der Waals surface area contributed by atoms with Crippen molar-refractivity contribution in [1.82, 2.24) is 14.8 Å². The number of halogens is 1. The average Bonchev–Trinajstić information content (AvgIpc) is 3.09. The van der Waals surface area contributed by atoms with E-state index in [1.807, 2.05) is 89.6 Å². The first-order valence-electron chi connectivity index (χ1n) is 7.90. The lowest BCUT2D eigenvalue weighted by atomic mass is 10.2. The Morgan fingerprint density at radius 1 is 0.760 bits per heavy atom. The molecule has 4 nitrogen and oxygen atoms in total. The Morgan fingerprint density at radius 2 is 1.40 bits per heavy atom. The highest BCUT2D eigenvalue weighted by Gasteiger charge is 2.13. The van der Waals surface area contributed by atoms with Gasteiger partial charge in [-0.25, -0.2) is 4.68 Å². The maximum absolute atomic E-state index is 5.94. The van der Waals surface area contributed by atoms with Gasteiger partial charge in [0, 0.05) is 16.3 Å². The molecule has 4 rings (SSSR count). The molecule has 0 saturated heterocycles. The Kier molecular flexibility index (Phi) is 4.19. The number of aromatic nitrogens is 3. The second-order valence-electron chi connectivity index (χ2n) is 5.50. The molecule has 1 heterocycles. The van der Waals surface area contributed by atoms with Gasteiger partial charge < -0.3 is 5.32 Å². The fourth-order valence-corrected chi connectivity index (χ4v) is 2.68. The maximum Gasteiger partial charge on any atom is 0.247 e. The van der Waals surface area contributed by atoms with Crippen LogP contribution in [-0.2, 0) is 0 Å². The fourth-order valence-electron chi connectivity index (χ4n) is 2.55. The van der Waals surface area contributed by atoms with Crippen molar-refractivity contribution in [2.45, 2.75) is 0 Å². The largest absolute Gasteiger partial charge is 0.323 e. The number of hydrogen-bond acceptors (Lipinski definition) is 3. The molecule has 0 radical (unpaired) electrons. The van der Waals surface area contributed by atoms with E-state index in [1.54, 1.807) is 0 Å². The van der Waals surface area contributed by atoms with E-state index in [1.165, 1.54) is 0 Å². The highest BCUT2D eigenvalue weighted by atomic mass is 35.5. The first-order valence-corrected chi connectivity index (χ1v) is 8.28. The molecule has 0 atom stereocenters. The molecule has 5 heteroatoms. The minimum atomic E-state index is 0.532. The Morgan fingerprint density at radius 3 is 2.08 bits per heavy atom. The number of rotatable bonds is 4. The summed E-state index contributed by atoms with van der Waals surface area (Å²) < 4.78 is 1.84. The normalized spacial score (nSPS) is 10.6. The number of para-hydroxylation sites is 1. The molecule has 25 heavy (non-hydrogen) atoms. The minimum absolute atomic E-state index is 0.532. The van der Waals surface area contributed by atoms with Crippen LogP contribution in [0.4, 0.5) is 11.6 Å². The van der Waals surface area contributed by atoms with Crippen LogP contribution in [0.25, 0.3) is 17.1 Å². The predicted molar refractivity (Wildman–Crippen MR) is 102 cm³/mol. The molecule has 3 aromatic carbocycles. The van der Waals surface area contributed by atoms with Crippen LogP contribution < -0.4 is 5.32 Å². The lowest BCUT2D eigenvalue weighted by Crippen LogP contribution is -1.99. The number of hydrogen-bond donors (Lipinski definition) is 1. The lowest BCUT2D eigenvalue weighted by Gasteiger charge is -2.05. The van der Waals surface area contributed by atoms with Crippen LogP contribution in [0.5, 0.6) is 0 Å². The first kappa shape index (κ1) is 15.4. The summed E-state index contributed by atoms with van der Waals surface area (Å²) in [4.78, 5) is 4.68. The molecule has 0 fully saturated rings. The third-order valence-electron chi connectivity index (χ3n) is 3.74. The predicted octanol–water partition coefficient (Wildman–Crippen LogP) is 5.33. The van der Waals surface area contributed by atoms with Gasteiger partial charge in [-0.05, 0) is 36.4 Å². The Hall–Kier alpha value is -3.11. The van der Waals surface area contributed by atoms with Gasteiger partial charge in [0.1, 0.15) is 0 Å². The zero-order valence-electron chi connectivity index (χ0n) is 13.3. The molecule has 122 valence electrons. The van der Waals surface area contributed by atoms with Crippen LogP contribution in [0.15, 0.2) is 84.9 Å². The van der Waals surface area contributed by atoms with Crippen molar-refractivity contribution in [2.75, 3.05) is 5.32 Å². The third-order valence-corrected chi connectivity index (χ3v) is 3.99. The van der Waals surface area contributed by atoms with Gasteiger partial charge in [0.05, 0.1) is 5.69 Å². The zero-order valence-corrected chi connectivity index (χ0v) is 14.1. The summed E-state index contributed by atoms with van der Waals surface area (Å²) in [5.41, 5.74) is 2.84. The molecule has 4 aromatic rings. The third kappa shape index (κ3) is 3.39. The second kappa shape index (κ2) is 6.79. The fraction of sp³-hybridized carbons (Fsp3) is 0. The number of anilines is 2. The van der Waals surface area contributed by atoms with E-state index in [4.69, 9.17) is 11.6 Å². The smallest absolute Gasteiger partial charge is 0.247 e. The van der Waals surface area contributed by atoms with Crippen LogP contribution in [0.1, 0.15) is 0 Å². The van der Waals surface area contributed by atoms with Crippen LogP contribution in [-0.4, -0.2) is 14.8 Å². The molecular weight excluding hydrogens is 332 g/mol. The number of nitrogens with zero attached hydrogens (tertiary/aromatic N) is 3. The van der Waals surface area contributed by atoms with E-state index in [0.717, 1.165) is 22.8 Å². The van der Waals surface area contributed by atoms with E-state index in [0.29, 0.717) is 11.0 Å². The molecular formula is C20H15ClN4. The minimum Gasteiger partial charge on any atom is -0.323 e. The van der Waals surface area contributed by atoms with E-state index in [2.05, 4.69) is 15.4 Å². The molecule has 1 aromatic heterocycles. The SMILES string of the molecule is Clc1ccc(Nc2nc(-c3ccccc3)n(-c3ccccc3)n2)cc1. The molecule has 0 amide bonds. The number of nitrogens with one attached hydrogen (secondary N) is 1. The monoisotopic (exact) mass is 346 g/mol. The number of benzene rings is 3. The van der Waals surface area contributed by atoms with Gasteiger partial charge in [0.2, 0.25) is 5.95 Å². The topological polar surface area (TPSA) is 42.7 Å². The van der Waals surface area contributed by atoms with Crippen molar-refractivity contribution >= 4 is 23.2 Å². The molecule has 1 N–H and O–H groups in total. The highest BCUT2D eigenvalue weighted by molar-refractivity contribution is 6.30. The van der Waals surface area contributed by atoms with Crippen molar-refractivity contribution in [3.63, 3.8) is 0 Å². The van der Waals surface area contributed by atoms with Gasteiger partial charge in [-0.15, -0.1) is 5.10 Å². The van der Waals surface area contributed by atoms with Crippen LogP contribution in [0.3, 0.4) is 0 Å². The Labute approximate surface area is 150 Å². The van der Waals surface area contributed by atoms with Gasteiger partial charge in [-0.3, -0.25) is 0 Å². The van der Waals surface area contributed by atoms with E-state index < -0.39 is 0 Å². The van der Waals surface area contributed by atoms with Gasteiger partial charge in [-0.2, -0.15) is 4.98 Å². The summed E-state index contributed by atoms with van der Waals surface area (Å²) in [5.74, 6) is 1.31. The van der Waals surface area contributed by atoms with Gasteiger partial charge in [0.25, 0.3) is 0 Å². The molecule has 0 aliphatic heterocycles. The zero-order chi connectivity index (χ0) is 17.1. The Balaban J connectivity index is 1.77. The summed E-state index contributed by atoms with van der Waals surface area (Å²) in [5, 5.41) is 8.56. The standard InChI is InChI=1S/C20H15ClN4/c21-16-11-13-17(14-12-16)22-20-23-19(15-7-3-1-4-8-15)25(24-20)18-9-5-2-6-10-18/h1-14H,(H,22,24). The van der Waals surface area contributed by atoms with E-state index in [-0.39, 0.29) is 0 Å². The average molecular weight is 347 g/mol. The lowest BCUT2D eigenvalue weighted by molar-refractivity contribution is 0.890. The second-order valence-corrected chi connectivity index (χ2v) is 5.94. The van der Waals surface area contributed by atoms with Crippen molar-refractivity contribution in [3.05, 3.63) is 90.0 Å². The molecule has 0 spiro atoms. The molecule has 0 aliphatic rings. The molecule has 0 aliphatic carbocycles. The Bertz CT molecular complexity index is 907. The molecule has 0 bridgehead atoms. The maximum atomic E-state index is 5.94. The van der Waals surface area contributed by atoms with E-state index in [9.17, 15) is 0 Å². The summed E-state index contributed by atoms with van der Waals surface area (Å²) in [6.07, 6.45) is 0. The van der Waals surface area contributed by atoms with Crippen LogP contribution in [0.2, 0.25) is 5.02 Å². The summed E-state index contributed by atoms with van der Waals surface area (Å²) >= 11 is 5.94. The summed E-state index contributed by atoms with van der Waals surface area (Å²) in [6, 6.07) is 27.4. The van der Waals surface area contributed by atoms with Gasteiger partial charge in [-0.1, -0.05) is 60.1 Å². The quantitative estimate of drug-likeness (QED) is 0.543. The van der Waals surface area contributed by atoms with Crippen molar-refractivity contribution in [3.8, 4) is 17.1 Å². The van der Waals surface area contributed by atoms with Gasteiger partial charge in [0.15, 0.2) is 5.82 Å². The summed E-state index contributed by atoms with van der Waals surface area (Å²) in [7, 11) is 0. The first-order chi connectivity index (χ1) is 12.3. The van der Waals surface area contributed by atoms with Crippen molar-refractivity contribution in [1.29, 1.82) is 0 Å². The van der Waals surface area contributed by atoms with Crippen molar-refractivity contribution < 1.29 is 0 Å². The summed E-state index contributed by atoms with van der Waals surface area (Å²) in [6.45, 7) is 0. The molecule has 0 saturated carbocycles.